The average Bonchev–Trinajstić information content (AvgIpc) is 2.95. The number of amides is 1. The predicted octanol–water partition coefficient (Wildman–Crippen LogP) is 6.56. The Balaban J connectivity index is 1.57. The second-order valence-electron chi connectivity index (χ2n) is 11.3. The van der Waals surface area contributed by atoms with Crippen molar-refractivity contribution in [3.63, 3.8) is 0 Å². The molecule has 0 saturated heterocycles. The quantitative estimate of drug-likeness (QED) is 0.176. The second kappa shape index (κ2) is 12.5. The molecular weight excluding hydrogens is 516 g/mol. The number of aromatic nitrogens is 2. The summed E-state index contributed by atoms with van der Waals surface area (Å²) in [6.07, 6.45) is 2.01. The van der Waals surface area contributed by atoms with Gasteiger partial charge in [0.1, 0.15) is 12.4 Å². The molecule has 2 N–H and O–H groups in total. The van der Waals surface area contributed by atoms with Gasteiger partial charge in [-0.3, -0.25) is 4.79 Å². The van der Waals surface area contributed by atoms with Crippen molar-refractivity contribution in [2.75, 3.05) is 5.06 Å². The Morgan fingerprint density at radius 3 is 2.10 bits per heavy atom. The van der Waals surface area contributed by atoms with E-state index in [1.807, 2.05) is 91.0 Å². The molecule has 40 heavy (non-hydrogen) atoms. The molecule has 4 rings (SSSR count). The fourth-order valence-corrected chi connectivity index (χ4v) is 4.63. The topological polar surface area (TPSA) is 90.6 Å². The summed E-state index contributed by atoms with van der Waals surface area (Å²) in [4.78, 5) is 22.9. The normalized spacial score (nSPS) is 12.6. The molecule has 1 unspecified atom stereocenters. The number of anilines is 1. The number of hydroxylamine groups is 1. The first-order valence-corrected chi connectivity index (χ1v) is 16.4. The van der Waals surface area contributed by atoms with Crippen LogP contribution in [0.5, 0.6) is 5.75 Å². The van der Waals surface area contributed by atoms with Crippen molar-refractivity contribution in [2.24, 2.45) is 5.73 Å². The molecule has 0 radical (unpaired) electrons. The number of ether oxygens (including phenoxy) is 1. The summed E-state index contributed by atoms with van der Waals surface area (Å²) in [7, 11) is -2.44. The van der Waals surface area contributed by atoms with Gasteiger partial charge in [-0.1, -0.05) is 81.4 Å². The number of nitrogens with two attached hydrogens (primary N) is 1. The van der Waals surface area contributed by atoms with Crippen LogP contribution in [0.4, 0.5) is 5.95 Å². The molecular formula is C32H38N4O3Si. The first-order valence-electron chi connectivity index (χ1n) is 13.5. The van der Waals surface area contributed by atoms with E-state index in [1.165, 1.54) is 5.06 Å². The van der Waals surface area contributed by atoms with Gasteiger partial charge in [0.15, 0.2) is 0 Å². The molecule has 3 aromatic carbocycles. The van der Waals surface area contributed by atoms with Gasteiger partial charge in [-0.2, -0.15) is 5.06 Å². The van der Waals surface area contributed by atoms with Crippen molar-refractivity contribution in [3.8, 4) is 17.0 Å². The Morgan fingerprint density at radius 2 is 1.50 bits per heavy atom. The Bertz CT molecular complexity index is 1390. The standard InChI is InChI=1S/C32H38N4O3Si/c1-32(2,3)40(4,5)39-36(30(37)28(33)22-24-12-8-6-9-13-24)31-34-21-20-29(35-31)26-16-18-27(19-17-26)38-23-25-14-10-7-11-15-25/h6-21,28H,22-23,33H2,1-5H3. The predicted molar refractivity (Wildman–Crippen MR) is 162 cm³/mol. The van der Waals surface area contributed by atoms with E-state index in [2.05, 4.69) is 38.8 Å². The lowest BCUT2D eigenvalue weighted by atomic mass is 10.1. The lowest BCUT2D eigenvalue weighted by Crippen LogP contribution is -2.53. The van der Waals surface area contributed by atoms with Crippen LogP contribution in [0.2, 0.25) is 18.1 Å². The zero-order valence-corrected chi connectivity index (χ0v) is 24.9. The van der Waals surface area contributed by atoms with Crippen molar-refractivity contribution in [1.29, 1.82) is 0 Å². The highest BCUT2D eigenvalue weighted by Crippen LogP contribution is 2.38. The molecule has 8 heteroatoms. The van der Waals surface area contributed by atoms with Crippen molar-refractivity contribution in [2.45, 2.75) is 58.0 Å². The van der Waals surface area contributed by atoms with E-state index in [0.29, 0.717) is 18.7 Å². The van der Waals surface area contributed by atoms with Gasteiger partial charge in [0.05, 0.1) is 11.7 Å². The molecule has 0 aliphatic carbocycles. The van der Waals surface area contributed by atoms with E-state index < -0.39 is 14.4 Å². The molecule has 0 aliphatic heterocycles. The second-order valence-corrected chi connectivity index (χ2v) is 16.0. The Labute approximate surface area is 238 Å². The Morgan fingerprint density at radius 1 is 0.900 bits per heavy atom. The lowest BCUT2D eigenvalue weighted by molar-refractivity contribution is -0.124. The molecule has 0 fully saturated rings. The van der Waals surface area contributed by atoms with Crippen LogP contribution in [0, 0.1) is 0 Å². The van der Waals surface area contributed by atoms with E-state index >= 15 is 0 Å². The van der Waals surface area contributed by atoms with Gasteiger partial charge < -0.3 is 15.0 Å². The largest absolute Gasteiger partial charge is 0.489 e. The minimum Gasteiger partial charge on any atom is -0.489 e. The summed E-state index contributed by atoms with van der Waals surface area (Å²) in [5, 5.41) is 1.08. The summed E-state index contributed by atoms with van der Waals surface area (Å²) in [6, 6.07) is 28.4. The van der Waals surface area contributed by atoms with Crippen molar-refractivity contribution < 1.29 is 14.1 Å². The number of hydrogen-bond acceptors (Lipinski definition) is 6. The molecule has 0 saturated carbocycles. The number of nitrogens with zero attached hydrogens (tertiary/aromatic N) is 3. The van der Waals surface area contributed by atoms with Gasteiger partial charge in [0, 0.05) is 11.8 Å². The summed E-state index contributed by atoms with van der Waals surface area (Å²) >= 11 is 0. The van der Waals surface area contributed by atoms with Gasteiger partial charge in [-0.25, -0.2) is 9.97 Å². The maximum Gasteiger partial charge on any atom is 0.269 e. The number of rotatable bonds is 10. The highest BCUT2D eigenvalue weighted by Gasteiger charge is 2.42. The van der Waals surface area contributed by atoms with E-state index in [1.54, 1.807) is 6.20 Å². The molecule has 0 spiro atoms. The zero-order chi connectivity index (χ0) is 28.8. The number of hydrogen-bond donors (Lipinski definition) is 1. The molecule has 1 atom stereocenters. The number of carbonyl (C=O) groups is 1. The van der Waals surface area contributed by atoms with Gasteiger partial charge in [0.2, 0.25) is 8.32 Å². The zero-order valence-electron chi connectivity index (χ0n) is 23.9. The smallest absolute Gasteiger partial charge is 0.269 e. The number of carbonyl (C=O) groups excluding carboxylic acids is 1. The third-order valence-corrected chi connectivity index (χ3v) is 11.4. The molecule has 1 aromatic heterocycles. The van der Waals surface area contributed by atoms with Crippen molar-refractivity contribution in [3.05, 3.63) is 108 Å². The number of benzene rings is 3. The minimum atomic E-state index is -2.44. The fourth-order valence-electron chi connectivity index (χ4n) is 3.73. The summed E-state index contributed by atoms with van der Waals surface area (Å²) in [5.41, 5.74) is 10.0. The molecule has 4 aromatic rings. The van der Waals surface area contributed by atoms with Crippen LogP contribution >= 0.6 is 0 Å². The highest BCUT2D eigenvalue weighted by molar-refractivity contribution is 6.74. The first-order chi connectivity index (χ1) is 19.0. The Kier molecular flexibility index (Phi) is 9.14. The summed E-state index contributed by atoms with van der Waals surface area (Å²) in [6.45, 7) is 11.0. The van der Waals surface area contributed by atoms with Crippen molar-refractivity contribution in [1.82, 2.24) is 9.97 Å². The van der Waals surface area contributed by atoms with Crippen LogP contribution in [0.25, 0.3) is 11.3 Å². The molecule has 208 valence electrons. The highest BCUT2D eigenvalue weighted by atomic mass is 28.4. The van der Waals surface area contributed by atoms with Crippen LogP contribution in [0.1, 0.15) is 31.9 Å². The van der Waals surface area contributed by atoms with Gasteiger partial charge >= 0.3 is 0 Å². The van der Waals surface area contributed by atoms with Crippen LogP contribution in [0.3, 0.4) is 0 Å². The lowest BCUT2D eigenvalue weighted by Gasteiger charge is -2.39. The Hall–Kier alpha value is -3.85. The first kappa shape index (κ1) is 29.1. The average molecular weight is 555 g/mol. The molecule has 0 bridgehead atoms. The maximum absolute atomic E-state index is 13.7. The summed E-state index contributed by atoms with van der Waals surface area (Å²) in [5.74, 6) is 0.544. The summed E-state index contributed by atoms with van der Waals surface area (Å²) < 4.78 is 12.4. The molecule has 7 nitrogen and oxygen atoms in total. The monoisotopic (exact) mass is 554 g/mol. The fraction of sp³-hybridized carbons (Fsp3) is 0.281. The van der Waals surface area contributed by atoms with E-state index in [9.17, 15) is 4.79 Å². The molecule has 1 amide bonds. The van der Waals surface area contributed by atoms with Crippen LogP contribution < -0.4 is 15.5 Å². The van der Waals surface area contributed by atoms with Crippen molar-refractivity contribution >= 4 is 20.2 Å². The van der Waals surface area contributed by atoms with Crippen LogP contribution in [0.15, 0.2) is 97.2 Å². The third-order valence-electron chi connectivity index (χ3n) is 7.16. The molecule has 0 aliphatic rings. The SMILES string of the molecule is CC(C)(C)[Si](C)(C)ON(C(=O)C(N)Cc1ccccc1)c1nccc(-c2ccc(OCc3ccccc3)cc2)n1. The van der Waals surface area contributed by atoms with E-state index in [0.717, 1.165) is 22.4 Å². The van der Waals surface area contributed by atoms with Crippen LogP contribution in [-0.2, 0) is 22.3 Å². The minimum absolute atomic E-state index is 0.151. The third kappa shape index (κ3) is 7.41. The van der Waals surface area contributed by atoms with E-state index in [-0.39, 0.29) is 16.9 Å². The van der Waals surface area contributed by atoms with Gasteiger partial charge in [0.25, 0.3) is 11.9 Å². The van der Waals surface area contributed by atoms with E-state index in [4.69, 9.17) is 20.0 Å². The van der Waals surface area contributed by atoms with Gasteiger partial charge in [-0.15, -0.1) is 0 Å². The molecule has 1 heterocycles. The maximum atomic E-state index is 13.7. The van der Waals surface area contributed by atoms with Gasteiger partial charge in [-0.05, 0) is 66.0 Å². The van der Waals surface area contributed by atoms with Crippen LogP contribution in [-0.4, -0.2) is 30.2 Å².